The minimum absolute atomic E-state index is 0.569. The van der Waals surface area contributed by atoms with Gasteiger partial charge in [-0.2, -0.15) is 0 Å². The van der Waals surface area contributed by atoms with Gasteiger partial charge in [0.1, 0.15) is 0 Å². The van der Waals surface area contributed by atoms with Crippen LogP contribution in [0, 0.1) is 0 Å². The van der Waals surface area contributed by atoms with E-state index in [0.29, 0.717) is 12.7 Å². The molecule has 0 saturated carbocycles. The van der Waals surface area contributed by atoms with E-state index in [1.54, 1.807) is 0 Å². The van der Waals surface area contributed by atoms with Crippen LogP contribution >= 0.6 is 20.4 Å². The first-order valence-electron chi connectivity index (χ1n) is 9.03. The van der Waals surface area contributed by atoms with Gasteiger partial charge < -0.3 is 0 Å². The van der Waals surface area contributed by atoms with Crippen molar-refractivity contribution in [2.45, 2.75) is 13.8 Å². The molecule has 29 heavy (non-hydrogen) atoms. The summed E-state index contributed by atoms with van der Waals surface area (Å²) in [5, 5.41) is 4.72. The summed E-state index contributed by atoms with van der Waals surface area (Å²) >= 11 is 0.569. The molecule has 4 rings (SSSR count). The molecule has 2 nitrogen and oxygen atoms in total. The molecule has 0 aliphatic heterocycles. The van der Waals surface area contributed by atoms with Gasteiger partial charge in [-0.25, -0.2) is 0 Å². The van der Waals surface area contributed by atoms with Crippen LogP contribution in [0.25, 0.3) is 21.5 Å². The predicted molar refractivity (Wildman–Crippen MR) is 125 cm³/mol. The van der Waals surface area contributed by atoms with Gasteiger partial charge in [0.25, 0.3) is 0 Å². The van der Waals surface area contributed by atoms with Crippen molar-refractivity contribution < 1.29 is 12.7 Å². The molecule has 0 saturated heterocycles. The Hall–Kier alpha value is -2.19. The molecule has 4 aromatic rings. The standard InChI is InChI=1S/C24H20N2.2ClH.Ni/c1-17(25-23-15-7-11-19-9-3-5-13-21(19)23)18(2)26-24-16-8-12-20-10-4-6-14-22(20)24;;;/h3-16H,1-2H3;2*1H;/q;;;+2/p-2. The first kappa shape index (κ1) is 21.5. The van der Waals surface area contributed by atoms with Gasteiger partial charge in [-0.05, 0) is 36.8 Å². The Labute approximate surface area is 185 Å². The molecule has 0 bridgehead atoms. The van der Waals surface area contributed by atoms with E-state index in [-0.39, 0.29) is 0 Å². The number of halogens is 2. The zero-order chi connectivity index (χ0) is 20.6. The summed E-state index contributed by atoms with van der Waals surface area (Å²) in [6.45, 7) is 4.04. The third-order valence-corrected chi connectivity index (χ3v) is 4.63. The quantitative estimate of drug-likeness (QED) is 0.215. The molecule has 5 heteroatoms. The van der Waals surface area contributed by atoms with Gasteiger partial charge in [0, 0.05) is 10.8 Å². The van der Waals surface area contributed by atoms with E-state index >= 15 is 0 Å². The molecular weight excluding hydrogens is 446 g/mol. The van der Waals surface area contributed by atoms with Gasteiger partial charge in [-0.15, -0.1) is 0 Å². The van der Waals surface area contributed by atoms with E-state index in [0.717, 1.165) is 33.6 Å². The molecule has 150 valence electrons. The minimum atomic E-state index is 0.569. The van der Waals surface area contributed by atoms with Crippen molar-refractivity contribution in [3.05, 3.63) is 84.9 Å². The average molecular weight is 466 g/mol. The van der Waals surface area contributed by atoms with Crippen molar-refractivity contribution in [3.63, 3.8) is 0 Å². The van der Waals surface area contributed by atoms with Crippen molar-refractivity contribution in [2.24, 2.45) is 9.98 Å². The Morgan fingerprint density at radius 3 is 1.34 bits per heavy atom. The fourth-order valence-corrected chi connectivity index (χ4v) is 3.13. The molecule has 0 fully saturated rings. The number of hydrogen-bond acceptors (Lipinski definition) is 2. The summed E-state index contributed by atoms with van der Waals surface area (Å²) < 4.78 is 0. The molecule has 0 radical (unpaired) electrons. The van der Waals surface area contributed by atoms with E-state index in [4.69, 9.17) is 30.4 Å². The second-order valence-corrected chi connectivity index (χ2v) is 8.07. The average Bonchev–Trinajstić information content (AvgIpc) is 2.75. The Morgan fingerprint density at radius 2 is 0.931 bits per heavy atom. The van der Waals surface area contributed by atoms with Crippen molar-refractivity contribution in [1.82, 2.24) is 0 Å². The molecule has 0 aliphatic rings. The summed E-state index contributed by atoms with van der Waals surface area (Å²) in [6.07, 6.45) is 0. The number of benzene rings is 4. The van der Waals surface area contributed by atoms with E-state index in [1.807, 2.05) is 38.1 Å². The van der Waals surface area contributed by atoms with E-state index in [1.165, 1.54) is 10.8 Å². The van der Waals surface area contributed by atoms with Crippen LogP contribution in [0.15, 0.2) is 94.9 Å². The van der Waals surface area contributed by atoms with Gasteiger partial charge >= 0.3 is 33.0 Å². The van der Waals surface area contributed by atoms with Gasteiger partial charge in [0.2, 0.25) is 0 Å². The van der Waals surface area contributed by atoms with Gasteiger partial charge in [-0.3, -0.25) is 9.98 Å². The maximum atomic E-state index is 4.85. The third kappa shape index (κ3) is 5.45. The van der Waals surface area contributed by atoms with Crippen LogP contribution in [0.2, 0.25) is 0 Å². The van der Waals surface area contributed by atoms with E-state index in [9.17, 15) is 0 Å². The Kier molecular flexibility index (Phi) is 7.83. The Morgan fingerprint density at radius 1 is 0.586 bits per heavy atom. The number of aliphatic imine (C=N–C) groups is 2. The zero-order valence-corrected chi connectivity index (χ0v) is 18.5. The van der Waals surface area contributed by atoms with E-state index in [2.05, 4.69) is 60.7 Å². The second-order valence-electron chi connectivity index (χ2n) is 6.44. The van der Waals surface area contributed by atoms with Crippen LogP contribution in [0.4, 0.5) is 11.4 Å². The molecule has 0 atom stereocenters. The fourth-order valence-electron chi connectivity index (χ4n) is 3.13. The molecule has 0 aliphatic carbocycles. The first-order chi connectivity index (χ1) is 14.1. The third-order valence-electron chi connectivity index (χ3n) is 4.63. The number of hydrogen-bond donors (Lipinski definition) is 0. The molecule has 4 aromatic carbocycles. The molecule has 0 N–H and O–H groups in total. The molecule has 0 aromatic heterocycles. The van der Waals surface area contributed by atoms with Gasteiger partial charge in [-0.1, -0.05) is 72.8 Å². The SMILES string of the molecule is CC(=Nc1cccc2ccccc12)C(C)=Nc1cccc2ccccc12.[Cl][Ni][Cl]. The zero-order valence-electron chi connectivity index (χ0n) is 16.0. The maximum absolute atomic E-state index is 4.85. The predicted octanol–water partition coefficient (Wildman–Crippen LogP) is 8.25. The fraction of sp³-hybridized carbons (Fsp3) is 0.0833. The first-order valence-corrected chi connectivity index (χ1v) is 11.7. The number of rotatable bonds is 3. The van der Waals surface area contributed by atoms with Crippen molar-refractivity contribution in [3.8, 4) is 0 Å². The molecule has 0 unspecified atom stereocenters. The van der Waals surface area contributed by atoms with Crippen LogP contribution < -0.4 is 0 Å². The van der Waals surface area contributed by atoms with Crippen LogP contribution in [0.1, 0.15) is 13.8 Å². The summed E-state index contributed by atoms with van der Waals surface area (Å²) in [5.74, 6) is 0. The summed E-state index contributed by atoms with van der Waals surface area (Å²) in [5.41, 5.74) is 3.81. The molecule has 0 spiro atoms. The van der Waals surface area contributed by atoms with Crippen molar-refractivity contribution in [1.29, 1.82) is 0 Å². The monoisotopic (exact) mass is 464 g/mol. The molecule has 0 amide bonds. The second kappa shape index (κ2) is 10.6. The van der Waals surface area contributed by atoms with Crippen molar-refractivity contribution in [2.75, 3.05) is 0 Å². The van der Waals surface area contributed by atoms with Crippen molar-refractivity contribution >= 4 is 64.7 Å². The van der Waals surface area contributed by atoms with Crippen LogP contribution in [0.5, 0.6) is 0 Å². The molecular formula is C24H20Cl2N2Ni. The molecule has 0 heterocycles. The normalized spacial score (nSPS) is 12.1. The summed E-state index contributed by atoms with van der Waals surface area (Å²) in [6, 6.07) is 29.1. The van der Waals surface area contributed by atoms with Crippen LogP contribution in [-0.2, 0) is 12.7 Å². The number of fused-ring (bicyclic) bond motifs is 2. The Bertz CT molecular complexity index is 1080. The van der Waals surface area contributed by atoms with E-state index < -0.39 is 0 Å². The van der Waals surface area contributed by atoms with Crippen LogP contribution in [0.3, 0.4) is 0 Å². The van der Waals surface area contributed by atoms with Gasteiger partial charge in [0.15, 0.2) is 0 Å². The van der Waals surface area contributed by atoms with Crippen LogP contribution in [-0.4, -0.2) is 11.4 Å². The Balaban J connectivity index is 0.000000755. The van der Waals surface area contributed by atoms with Gasteiger partial charge in [0.05, 0.1) is 22.8 Å². The number of nitrogens with zero attached hydrogens (tertiary/aromatic N) is 2. The topological polar surface area (TPSA) is 24.7 Å². The summed E-state index contributed by atoms with van der Waals surface area (Å²) in [4.78, 5) is 9.70. The summed E-state index contributed by atoms with van der Waals surface area (Å²) in [7, 11) is 9.40.